The van der Waals surface area contributed by atoms with E-state index in [1.807, 2.05) is 49.1 Å². The van der Waals surface area contributed by atoms with Gasteiger partial charge in [-0.1, -0.05) is 0 Å². The average molecular weight is 202 g/mol. The summed E-state index contributed by atoms with van der Waals surface area (Å²) in [6.07, 6.45) is 1.83. The molecule has 0 amide bonds. The minimum absolute atomic E-state index is 0.874. The molecule has 0 saturated heterocycles. The topological polar surface area (TPSA) is 27.1 Å². The van der Waals surface area contributed by atoms with Crippen LogP contribution in [0, 0.1) is 6.92 Å². The molecule has 0 aliphatic carbocycles. The number of ether oxygens (including phenoxy) is 1. The second kappa shape index (κ2) is 3.77. The lowest BCUT2D eigenvalue weighted by atomic mass is 10.1. The molecule has 15 heavy (non-hydrogen) atoms. The third kappa shape index (κ3) is 1.73. The van der Waals surface area contributed by atoms with Crippen molar-refractivity contribution in [3.63, 3.8) is 0 Å². The molecule has 78 valence electrons. The molecule has 3 heteroatoms. The summed E-state index contributed by atoms with van der Waals surface area (Å²) in [5.41, 5.74) is 3.36. The maximum absolute atomic E-state index is 5.12. The van der Waals surface area contributed by atoms with E-state index in [1.165, 1.54) is 0 Å². The van der Waals surface area contributed by atoms with Crippen molar-refractivity contribution in [1.82, 2.24) is 9.55 Å². The van der Waals surface area contributed by atoms with E-state index in [-0.39, 0.29) is 0 Å². The van der Waals surface area contributed by atoms with Crippen LogP contribution in [0.15, 0.2) is 30.6 Å². The van der Waals surface area contributed by atoms with Gasteiger partial charge in [-0.2, -0.15) is 0 Å². The van der Waals surface area contributed by atoms with Crippen LogP contribution >= 0.6 is 0 Å². The van der Waals surface area contributed by atoms with Crippen LogP contribution in [0.3, 0.4) is 0 Å². The molecule has 0 atom stereocenters. The predicted octanol–water partition coefficient (Wildman–Crippen LogP) is 2.40. The molecule has 0 fully saturated rings. The molecule has 1 aromatic carbocycles. The van der Waals surface area contributed by atoms with E-state index >= 15 is 0 Å². The number of rotatable bonds is 2. The molecule has 3 nitrogen and oxygen atoms in total. The number of hydrogen-bond acceptors (Lipinski definition) is 2. The predicted molar refractivity (Wildman–Crippen MR) is 59.9 cm³/mol. The fraction of sp³-hybridized carbons (Fsp3) is 0.250. The minimum Gasteiger partial charge on any atom is -0.497 e. The molecule has 2 rings (SSSR count). The Bertz CT molecular complexity index is 437. The van der Waals surface area contributed by atoms with Gasteiger partial charge in [-0.25, -0.2) is 4.98 Å². The Kier molecular flexibility index (Phi) is 2.46. The number of hydrogen-bond donors (Lipinski definition) is 0. The standard InChI is InChI=1S/C12H14N2O/c1-9-12(14(2)8-13-9)10-4-6-11(15-3)7-5-10/h4-8H,1-3H3. The molecule has 0 unspecified atom stereocenters. The molecule has 0 saturated carbocycles. The van der Waals surface area contributed by atoms with Gasteiger partial charge in [-0.05, 0) is 31.2 Å². The van der Waals surface area contributed by atoms with E-state index in [9.17, 15) is 0 Å². The molecule has 0 N–H and O–H groups in total. The summed E-state index contributed by atoms with van der Waals surface area (Å²) in [5, 5.41) is 0. The maximum atomic E-state index is 5.12. The van der Waals surface area contributed by atoms with Gasteiger partial charge in [0.1, 0.15) is 5.75 Å². The van der Waals surface area contributed by atoms with E-state index in [0.717, 1.165) is 22.7 Å². The van der Waals surface area contributed by atoms with Gasteiger partial charge < -0.3 is 9.30 Å². The van der Waals surface area contributed by atoms with Crippen molar-refractivity contribution in [1.29, 1.82) is 0 Å². The molecular formula is C12H14N2O. The van der Waals surface area contributed by atoms with E-state index in [2.05, 4.69) is 4.98 Å². The number of aromatic nitrogens is 2. The zero-order chi connectivity index (χ0) is 10.8. The molecule has 0 aliphatic heterocycles. The Balaban J connectivity index is 2.45. The SMILES string of the molecule is COc1ccc(-c2c(C)ncn2C)cc1. The second-order valence-corrected chi connectivity index (χ2v) is 3.52. The first kappa shape index (κ1) is 9.77. The van der Waals surface area contributed by atoms with Crippen molar-refractivity contribution in [2.75, 3.05) is 7.11 Å². The Morgan fingerprint density at radius 3 is 2.33 bits per heavy atom. The lowest BCUT2D eigenvalue weighted by molar-refractivity contribution is 0.415. The second-order valence-electron chi connectivity index (χ2n) is 3.52. The number of benzene rings is 1. The summed E-state index contributed by atoms with van der Waals surface area (Å²) < 4.78 is 7.15. The van der Waals surface area contributed by atoms with Gasteiger partial charge in [-0.15, -0.1) is 0 Å². The highest BCUT2D eigenvalue weighted by Gasteiger charge is 2.06. The van der Waals surface area contributed by atoms with E-state index in [1.54, 1.807) is 7.11 Å². The lowest BCUT2D eigenvalue weighted by Crippen LogP contribution is -1.91. The van der Waals surface area contributed by atoms with Crippen LogP contribution < -0.4 is 4.74 Å². The first-order valence-corrected chi connectivity index (χ1v) is 4.84. The van der Waals surface area contributed by atoms with Gasteiger partial charge in [0.05, 0.1) is 24.8 Å². The van der Waals surface area contributed by atoms with Crippen molar-refractivity contribution in [2.24, 2.45) is 7.05 Å². The molecule has 2 aromatic rings. The summed E-state index contributed by atoms with van der Waals surface area (Å²) >= 11 is 0. The monoisotopic (exact) mass is 202 g/mol. The zero-order valence-electron chi connectivity index (χ0n) is 9.19. The first-order chi connectivity index (χ1) is 7.22. The molecule has 0 radical (unpaired) electrons. The number of methoxy groups -OCH3 is 1. The van der Waals surface area contributed by atoms with Gasteiger partial charge in [0.15, 0.2) is 0 Å². The quantitative estimate of drug-likeness (QED) is 0.747. The Hall–Kier alpha value is -1.77. The molecule has 0 bridgehead atoms. The van der Waals surface area contributed by atoms with Gasteiger partial charge >= 0.3 is 0 Å². The maximum Gasteiger partial charge on any atom is 0.118 e. The van der Waals surface area contributed by atoms with E-state index in [4.69, 9.17) is 4.74 Å². The third-order valence-electron chi connectivity index (χ3n) is 2.48. The normalized spacial score (nSPS) is 10.3. The van der Waals surface area contributed by atoms with Crippen LogP contribution in [0.25, 0.3) is 11.3 Å². The van der Waals surface area contributed by atoms with Crippen molar-refractivity contribution < 1.29 is 4.74 Å². The van der Waals surface area contributed by atoms with Crippen LogP contribution in [0.5, 0.6) is 5.75 Å². The highest BCUT2D eigenvalue weighted by Crippen LogP contribution is 2.24. The van der Waals surface area contributed by atoms with Crippen LogP contribution in [0.4, 0.5) is 0 Å². The summed E-state index contributed by atoms with van der Waals surface area (Å²) in [7, 11) is 3.67. The van der Waals surface area contributed by atoms with E-state index < -0.39 is 0 Å². The van der Waals surface area contributed by atoms with Crippen LogP contribution in [0.2, 0.25) is 0 Å². The van der Waals surface area contributed by atoms with E-state index in [0.29, 0.717) is 0 Å². The molecule has 1 aromatic heterocycles. The van der Waals surface area contributed by atoms with Crippen molar-refractivity contribution in [3.05, 3.63) is 36.3 Å². The van der Waals surface area contributed by atoms with Crippen LogP contribution in [-0.4, -0.2) is 16.7 Å². The van der Waals surface area contributed by atoms with Gasteiger partial charge in [0, 0.05) is 12.6 Å². The molecule has 0 aliphatic rings. The smallest absolute Gasteiger partial charge is 0.118 e. The lowest BCUT2D eigenvalue weighted by Gasteiger charge is -2.05. The fourth-order valence-corrected chi connectivity index (χ4v) is 1.71. The van der Waals surface area contributed by atoms with Crippen molar-refractivity contribution in [3.8, 4) is 17.0 Å². The highest BCUT2D eigenvalue weighted by atomic mass is 16.5. The van der Waals surface area contributed by atoms with Gasteiger partial charge in [-0.3, -0.25) is 0 Å². The molecule has 1 heterocycles. The Morgan fingerprint density at radius 1 is 1.20 bits per heavy atom. The van der Waals surface area contributed by atoms with Gasteiger partial charge in [0.25, 0.3) is 0 Å². The summed E-state index contributed by atoms with van der Waals surface area (Å²) in [5.74, 6) is 0.874. The van der Waals surface area contributed by atoms with Crippen LogP contribution in [-0.2, 0) is 7.05 Å². The van der Waals surface area contributed by atoms with Crippen molar-refractivity contribution >= 4 is 0 Å². The Morgan fingerprint density at radius 2 is 1.87 bits per heavy atom. The molecular weight excluding hydrogens is 188 g/mol. The summed E-state index contributed by atoms with van der Waals surface area (Å²) in [4.78, 5) is 4.27. The minimum atomic E-state index is 0.874. The number of nitrogens with zero attached hydrogens (tertiary/aromatic N) is 2. The first-order valence-electron chi connectivity index (χ1n) is 4.84. The Labute approximate surface area is 89.3 Å². The van der Waals surface area contributed by atoms with Gasteiger partial charge in [0.2, 0.25) is 0 Å². The van der Waals surface area contributed by atoms with Crippen LogP contribution in [0.1, 0.15) is 5.69 Å². The highest BCUT2D eigenvalue weighted by molar-refractivity contribution is 5.63. The summed E-state index contributed by atoms with van der Waals surface area (Å²) in [6.45, 7) is 2.01. The zero-order valence-corrected chi connectivity index (χ0v) is 9.19. The largest absolute Gasteiger partial charge is 0.497 e. The number of imidazole rings is 1. The third-order valence-corrected chi connectivity index (χ3v) is 2.48. The fourth-order valence-electron chi connectivity index (χ4n) is 1.71. The number of aryl methyl sites for hydroxylation is 2. The average Bonchev–Trinajstić information content (AvgIpc) is 2.59. The summed E-state index contributed by atoms with van der Waals surface area (Å²) in [6, 6.07) is 8.01. The van der Waals surface area contributed by atoms with Crippen molar-refractivity contribution in [2.45, 2.75) is 6.92 Å². The molecule has 0 spiro atoms.